The molecule has 20 heavy (non-hydrogen) atoms. The second kappa shape index (κ2) is 5.51. The van der Waals surface area contributed by atoms with Crippen LogP contribution < -0.4 is 4.74 Å². The van der Waals surface area contributed by atoms with Gasteiger partial charge in [0.15, 0.2) is 0 Å². The first-order chi connectivity index (χ1) is 9.65. The zero-order chi connectivity index (χ0) is 14.1. The van der Waals surface area contributed by atoms with Crippen LogP contribution in [0.5, 0.6) is 5.75 Å². The van der Waals surface area contributed by atoms with E-state index in [1.54, 1.807) is 11.8 Å². The summed E-state index contributed by atoms with van der Waals surface area (Å²) in [7, 11) is 0. The van der Waals surface area contributed by atoms with Crippen LogP contribution in [0.25, 0.3) is 0 Å². The van der Waals surface area contributed by atoms with Crippen molar-refractivity contribution in [1.29, 1.82) is 0 Å². The van der Waals surface area contributed by atoms with Crippen LogP contribution in [0.2, 0.25) is 0 Å². The fraction of sp³-hybridized carbons (Fsp3) is 0.294. The zero-order valence-electron chi connectivity index (χ0n) is 11.7. The minimum atomic E-state index is -0.588. The molecule has 3 rings (SSSR count). The molecule has 0 saturated heterocycles. The number of para-hydroxylation sites is 1. The van der Waals surface area contributed by atoms with Crippen LogP contribution >= 0.6 is 11.8 Å². The Bertz CT molecular complexity index is 624. The van der Waals surface area contributed by atoms with Crippen molar-refractivity contribution in [2.45, 2.75) is 31.0 Å². The summed E-state index contributed by atoms with van der Waals surface area (Å²) in [5.41, 5.74) is 3.37. The van der Waals surface area contributed by atoms with Crippen LogP contribution in [-0.4, -0.2) is 17.0 Å². The van der Waals surface area contributed by atoms with Crippen molar-refractivity contribution in [2.24, 2.45) is 0 Å². The van der Waals surface area contributed by atoms with Gasteiger partial charge >= 0.3 is 0 Å². The van der Waals surface area contributed by atoms with E-state index in [0.29, 0.717) is 0 Å². The highest BCUT2D eigenvalue weighted by atomic mass is 32.2. The van der Waals surface area contributed by atoms with Gasteiger partial charge in [-0.1, -0.05) is 30.3 Å². The van der Waals surface area contributed by atoms with Gasteiger partial charge in [-0.2, -0.15) is 0 Å². The average Bonchev–Trinajstić information content (AvgIpc) is 2.49. The summed E-state index contributed by atoms with van der Waals surface area (Å²) >= 11 is 1.74. The van der Waals surface area contributed by atoms with Gasteiger partial charge < -0.3 is 9.84 Å². The maximum Gasteiger partial charge on any atom is 0.138 e. The Morgan fingerprint density at radius 2 is 1.95 bits per heavy atom. The zero-order valence-corrected chi connectivity index (χ0v) is 12.5. The molecule has 1 heterocycles. The molecule has 0 aliphatic carbocycles. The summed E-state index contributed by atoms with van der Waals surface area (Å²) in [5.74, 6) is 1.64. The summed E-state index contributed by atoms with van der Waals surface area (Å²) in [6, 6.07) is 14.1. The summed E-state index contributed by atoms with van der Waals surface area (Å²) < 4.78 is 5.95. The molecular weight excluding hydrogens is 268 g/mol. The smallest absolute Gasteiger partial charge is 0.138 e. The molecule has 1 N–H and O–H groups in total. The third kappa shape index (κ3) is 2.56. The Morgan fingerprint density at radius 1 is 1.15 bits per heavy atom. The second-order valence-electron chi connectivity index (χ2n) is 5.20. The van der Waals surface area contributed by atoms with Gasteiger partial charge in [-0.15, -0.1) is 11.8 Å². The van der Waals surface area contributed by atoms with Crippen LogP contribution in [0.15, 0.2) is 47.4 Å². The van der Waals surface area contributed by atoms with Gasteiger partial charge in [0.25, 0.3) is 0 Å². The summed E-state index contributed by atoms with van der Waals surface area (Å²) in [5, 5.41) is 10.5. The number of fused-ring (bicyclic) bond motifs is 1. The molecule has 3 heteroatoms. The molecule has 2 atom stereocenters. The Balaban J connectivity index is 1.82. The van der Waals surface area contributed by atoms with Crippen molar-refractivity contribution in [3.63, 3.8) is 0 Å². The predicted octanol–water partition coefficient (Wildman–Crippen LogP) is 3.89. The van der Waals surface area contributed by atoms with E-state index in [-0.39, 0.29) is 6.10 Å². The van der Waals surface area contributed by atoms with Gasteiger partial charge in [-0.3, -0.25) is 0 Å². The topological polar surface area (TPSA) is 29.5 Å². The Labute approximate surface area is 123 Å². The molecule has 0 spiro atoms. The first-order valence-corrected chi connectivity index (χ1v) is 7.77. The predicted molar refractivity (Wildman–Crippen MR) is 82.5 cm³/mol. The van der Waals surface area contributed by atoms with Gasteiger partial charge in [0, 0.05) is 10.6 Å². The maximum atomic E-state index is 10.5. The van der Waals surface area contributed by atoms with Crippen LogP contribution in [0.3, 0.4) is 0 Å². The Hall–Kier alpha value is -1.45. The second-order valence-corrected chi connectivity index (χ2v) is 6.26. The lowest BCUT2D eigenvalue weighted by Gasteiger charge is -2.29. The van der Waals surface area contributed by atoms with Gasteiger partial charge in [0.05, 0.1) is 0 Å². The van der Waals surface area contributed by atoms with Crippen molar-refractivity contribution < 1.29 is 9.84 Å². The number of benzene rings is 2. The molecule has 0 amide bonds. The number of aliphatic hydroxyl groups is 1. The maximum absolute atomic E-state index is 10.5. The van der Waals surface area contributed by atoms with Crippen LogP contribution in [0.4, 0.5) is 0 Å². The van der Waals surface area contributed by atoms with Crippen molar-refractivity contribution in [2.75, 3.05) is 5.75 Å². The molecule has 1 aliphatic rings. The average molecular weight is 286 g/mol. The molecule has 2 nitrogen and oxygen atoms in total. The molecule has 0 saturated carbocycles. The van der Waals surface area contributed by atoms with Gasteiger partial charge in [-0.25, -0.2) is 0 Å². The van der Waals surface area contributed by atoms with Crippen molar-refractivity contribution in [3.8, 4) is 5.75 Å². The number of ether oxygens (including phenoxy) is 1. The third-order valence-corrected chi connectivity index (χ3v) is 4.90. The Morgan fingerprint density at radius 3 is 2.75 bits per heavy atom. The van der Waals surface area contributed by atoms with Crippen LogP contribution in [0.1, 0.15) is 22.8 Å². The molecule has 0 fully saturated rings. The SMILES string of the molecule is Cc1ccc(C(O)C2CSc3ccccc3O2)cc1C. The van der Waals surface area contributed by atoms with E-state index in [1.165, 1.54) is 11.1 Å². The summed E-state index contributed by atoms with van der Waals surface area (Å²) in [6.45, 7) is 4.14. The quantitative estimate of drug-likeness (QED) is 0.908. The fourth-order valence-corrected chi connectivity index (χ4v) is 3.38. The van der Waals surface area contributed by atoms with E-state index in [2.05, 4.69) is 32.0 Å². The van der Waals surface area contributed by atoms with Crippen molar-refractivity contribution >= 4 is 11.8 Å². The normalized spacial score (nSPS) is 19.1. The van der Waals surface area contributed by atoms with E-state index in [1.807, 2.05) is 24.3 Å². The van der Waals surface area contributed by atoms with Gasteiger partial charge in [0.1, 0.15) is 18.0 Å². The first kappa shape index (κ1) is 13.5. The number of hydrogen-bond donors (Lipinski definition) is 1. The highest BCUT2D eigenvalue weighted by Crippen LogP contribution is 2.38. The minimum Gasteiger partial charge on any atom is -0.485 e. The van der Waals surface area contributed by atoms with Gasteiger partial charge in [0.2, 0.25) is 0 Å². The number of rotatable bonds is 2. The number of aryl methyl sites for hydroxylation is 2. The number of thioether (sulfide) groups is 1. The lowest BCUT2D eigenvalue weighted by atomic mass is 10.00. The molecule has 2 unspecified atom stereocenters. The monoisotopic (exact) mass is 286 g/mol. The molecule has 2 aromatic carbocycles. The highest BCUT2D eigenvalue weighted by Gasteiger charge is 2.27. The third-order valence-electron chi connectivity index (χ3n) is 3.76. The number of aliphatic hydroxyl groups excluding tert-OH is 1. The molecule has 1 aliphatic heterocycles. The molecule has 104 valence electrons. The summed E-state index contributed by atoms with van der Waals surface area (Å²) in [4.78, 5) is 1.15. The molecular formula is C17H18O2S. The van der Waals surface area contributed by atoms with Crippen molar-refractivity contribution in [3.05, 3.63) is 59.2 Å². The first-order valence-electron chi connectivity index (χ1n) is 6.79. The summed E-state index contributed by atoms with van der Waals surface area (Å²) in [6.07, 6.45) is -0.785. The standard InChI is InChI=1S/C17H18O2S/c1-11-7-8-13(9-12(11)2)17(18)15-10-20-16-6-4-3-5-14(16)19-15/h3-9,15,17-18H,10H2,1-2H3. The van der Waals surface area contributed by atoms with Crippen LogP contribution in [0, 0.1) is 13.8 Å². The molecule has 0 radical (unpaired) electrons. The molecule has 0 aromatic heterocycles. The van der Waals surface area contributed by atoms with Crippen LogP contribution in [-0.2, 0) is 0 Å². The molecule has 0 bridgehead atoms. The lowest BCUT2D eigenvalue weighted by molar-refractivity contribution is 0.0457. The van der Waals surface area contributed by atoms with Gasteiger partial charge in [-0.05, 0) is 42.7 Å². The largest absolute Gasteiger partial charge is 0.485 e. The van der Waals surface area contributed by atoms with E-state index >= 15 is 0 Å². The molecule has 2 aromatic rings. The minimum absolute atomic E-state index is 0.197. The fourth-order valence-electron chi connectivity index (χ4n) is 2.35. The van der Waals surface area contributed by atoms with E-state index in [9.17, 15) is 5.11 Å². The van der Waals surface area contributed by atoms with E-state index < -0.39 is 6.10 Å². The Kier molecular flexibility index (Phi) is 3.72. The van der Waals surface area contributed by atoms with Crippen molar-refractivity contribution in [1.82, 2.24) is 0 Å². The lowest BCUT2D eigenvalue weighted by Crippen LogP contribution is -2.30. The number of hydrogen-bond acceptors (Lipinski definition) is 3. The highest BCUT2D eigenvalue weighted by molar-refractivity contribution is 7.99. The van der Waals surface area contributed by atoms with E-state index in [0.717, 1.165) is 22.0 Å². The van der Waals surface area contributed by atoms with E-state index in [4.69, 9.17) is 4.74 Å².